The Morgan fingerprint density at radius 3 is 2.44 bits per heavy atom. The number of aromatic amines is 1. The third-order valence-electron chi connectivity index (χ3n) is 4.29. The number of nitrogens with one attached hydrogen (secondary N) is 1. The van der Waals surface area contributed by atoms with Gasteiger partial charge in [-0.2, -0.15) is 0 Å². The Bertz CT molecular complexity index is 900. The number of aromatic nitrogens is 1. The SMILES string of the molecule is COc1ccc(Cl)cc1CC(=O)O[C@H](C)C(=O)c1[nH]c(C)c(C(C)=O)c1C. The molecule has 2 aromatic rings. The molecule has 0 aliphatic heterocycles. The molecule has 1 N–H and O–H groups in total. The minimum atomic E-state index is -1.00. The number of carbonyl (C=O) groups excluding carboxylic acids is 3. The van der Waals surface area contributed by atoms with Crippen LogP contribution in [0.4, 0.5) is 0 Å². The number of methoxy groups -OCH3 is 1. The molecule has 2 rings (SSSR count). The Labute approximate surface area is 162 Å². The smallest absolute Gasteiger partial charge is 0.311 e. The fraction of sp³-hybridized carbons (Fsp3) is 0.350. The van der Waals surface area contributed by atoms with Gasteiger partial charge in [-0.15, -0.1) is 0 Å². The first-order chi connectivity index (χ1) is 12.6. The van der Waals surface area contributed by atoms with Crippen LogP contribution in [0.25, 0.3) is 0 Å². The van der Waals surface area contributed by atoms with E-state index in [2.05, 4.69) is 4.98 Å². The lowest BCUT2D eigenvalue weighted by Gasteiger charge is -2.13. The van der Waals surface area contributed by atoms with Crippen LogP contribution < -0.4 is 4.74 Å². The number of esters is 1. The van der Waals surface area contributed by atoms with Crippen molar-refractivity contribution in [1.29, 1.82) is 0 Å². The van der Waals surface area contributed by atoms with Crippen molar-refractivity contribution in [2.24, 2.45) is 0 Å². The fourth-order valence-corrected chi connectivity index (χ4v) is 3.26. The van der Waals surface area contributed by atoms with Crippen molar-refractivity contribution >= 4 is 29.1 Å². The molecule has 1 aromatic carbocycles. The molecule has 1 heterocycles. The predicted octanol–water partition coefficient (Wildman–Crippen LogP) is 3.85. The van der Waals surface area contributed by atoms with Crippen molar-refractivity contribution in [3.05, 3.63) is 51.3 Å². The van der Waals surface area contributed by atoms with Gasteiger partial charge in [0.15, 0.2) is 11.9 Å². The summed E-state index contributed by atoms with van der Waals surface area (Å²) >= 11 is 5.96. The number of ketones is 2. The lowest BCUT2D eigenvalue weighted by molar-refractivity contribution is -0.145. The predicted molar refractivity (Wildman–Crippen MR) is 102 cm³/mol. The fourth-order valence-electron chi connectivity index (χ4n) is 3.06. The van der Waals surface area contributed by atoms with Crippen molar-refractivity contribution in [2.75, 3.05) is 7.11 Å². The summed E-state index contributed by atoms with van der Waals surface area (Å²) < 4.78 is 10.5. The van der Waals surface area contributed by atoms with Crippen LogP contribution in [0, 0.1) is 13.8 Å². The van der Waals surface area contributed by atoms with Gasteiger partial charge in [-0.1, -0.05) is 11.6 Å². The molecular weight excluding hydrogens is 370 g/mol. The van der Waals surface area contributed by atoms with Crippen LogP contribution in [0.2, 0.25) is 5.02 Å². The van der Waals surface area contributed by atoms with E-state index >= 15 is 0 Å². The molecule has 0 bridgehead atoms. The van der Waals surface area contributed by atoms with Crippen LogP contribution in [0.5, 0.6) is 5.75 Å². The Hall–Kier alpha value is -2.60. The second kappa shape index (κ2) is 8.39. The molecule has 0 aliphatic rings. The number of ether oxygens (including phenoxy) is 2. The highest BCUT2D eigenvalue weighted by atomic mass is 35.5. The zero-order chi connectivity index (χ0) is 20.3. The summed E-state index contributed by atoms with van der Waals surface area (Å²) in [6.07, 6.45) is -1.08. The van der Waals surface area contributed by atoms with E-state index in [4.69, 9.17) is 21.1 Å². The van der Waals surface area contributed by atoms with Gasteiger partial charge in [-0.3, -0.25) is 14.4 Å². The molecule has 0 radical (unpaired) electrons. The molecule has 0 saturated carbocycles. The van der Waals surface area contributed by atoms with Crippen LogP contribution in [-0.2, 0) is 16.0 Å². The topological polar surface area (TPSA) is 85.5 Å². The van der Waals surface area contributed by atoms with E-state index in [0.717, 1.165) is 0 Å². The highest BCUT2D eigenvalue weighted by molar-refractivity contribution is 6.30. The summed E-state index contributed by atoms with van der Waals surface area (Å²) in [5.41, 5.74) is 2.51. The van der Waals surface area contributed by atoms with Crippen molar-refractivity contribution < 1.29 is 23.9 Å². The van der Waals surface area contributed by atoms with Gasteiger partial charge in [-0.05, 0) is 51.5 Å². The molecule has 6 nitrogen and oxygen atoms in total. The molecule has 7 heteroatoms. The largest absolute Gasteiger partial charge is 0.496 e. The average Bonchev–Trinajstić information content (AvgIpc) is 2.88. The lowest BCUT2D eigenvalue weighted by atomic mass is 10.0. The Balaban J connectivity index is 2.13. The number of hydrogen-bond acceptors (Lipinski definition) is 5. The van der Waals surface area contributed by atoms with Crippen LogP contribution in [-0.4, -0.2) is 35.7 Å². The van der Waals surface area contributed by atoms with Gasteiger partial charge in [0.2, 0.25) is 5.78 Å². The maximum atomic E-state index is 12.7. The summed E-state index contributed by atoms with van der Waals surface area (Å²) in [5.74, 6) is -0.589. The van der Waals surface area contributed by atoms with Crippen LogP contribution >= 0.6 is 11.6 Å². The van der Waals surface area contributed by atoms with Gasteiger partial charge in [0, 0.05) is 21.8 Å². The first kappa shape index (κ1) is 20.7. The summed E-state index contributed by atoms with van der Waals surface area (Å²) in [6, 6.07) is 4.93. The van der Waals surface area contributed by atoms with E-state index in [1.165, 1.54) is 21.0 Å². The molecule has 0 saturated heterocycles. The number of hydrogen-bond donors (Lipinski definition) is 1. The van der Waals surface area contributed by atoms with Gasteiger partial charge in [0.1, 0.15) is 5.75 Å². The molecule has 0 unspecified atom stereocenters. The minimum Gasteiger partial charge on any atom is -0.496 e. The Morgan fingerprint density at radius 2 is 1.89 bits per heavy atom. The summed E-state index contributed by atoms with van der Waals surface area (Å²) in [7, 11) is 1.49. The maximum absolute atomic E-state index is 12.7. The second-order valence-corrected chi connectivity index (χ2v) is 6.75. The first-order valence-corrected chi connectivity index (χ1v) is 8.79. The van der Waals surface area contributed by atoms with Crippen molar-refractivity contribution in [3.63, 3.8) is 0 Å². The normalized spacial score (nSPS) is 11.8. The molecular formula is C20H22ClNO5. The van der Waals surface area contributed by atoms with Crippen molar-refractivity contribution in [2.45, 2.75) is 40.2 Å². The minimum absolute atomic E-state index is 0.0806. The molecule has 1 atom stereocenters. The monoisotopic (exact) mass is 391 g/mol. The first-order valence-electron chi connectivity index (χ1n) is 8.41. The van der Waals surface area contributed by atoms with E-state index in [9.17, 15) is 14.4 Å². The Kier molecular flexibility index (Phi) is 6.44. The lowest BCUT2D eigenvalue weighted by Crippen LogP contribution is -2.26. The van der Waals surface area contributed by atoms with Gasteiger partial charge in [0.25, 0.3) is 0 Å². The number of H-pyrrole nitrogens is 1. The quantitative estimate of drug-likeness (QED) is 0.572. The third kappa shape index (κ3) is 4.57. The standard InChI is InChI=1S/C20H22ClNO5/c1-10-18(12(3)23)11(2)22-19(10)20(25)13(4)27-17(24)9-14-8-15(21)6-7-16(14)26-5/h6-8,13,22H,9H2,1-5H3/t13-/m1/s1. The second-order valence-electron chi connectivity index (χ2n) is 6.31. The summed E-state index contributed by atoms with van der Waals surface area (Å²) in [6.45, 7) is 6.36. The molecule has 0 spiro atoms. The third-order valence-corrected chi connectivity index (χ3v) is 4.53. The van der Waals surface area contributed by atoms with E-state index in [1.54, 1.807) is 32.0 Å². The van der Waals surface area contributed by atoms with Crippen LogP contribution in [0.1, 0.15) is 51.5 Å². The number of aryl methyl sites for hydroxylation is 1. The summed E-state index contributed by atoms with van der Waals surface area (Å²) in [4.78, 5) is 39.6. The van der Waals surface area contributed by atoms with E-state index in [0.29, 0.717) is 33.2 Å². The van der Waals surface area contributed by atoms with Crippen LogP contribution in [0.15, 0.2) is 18.2 Å². The number of benzene rings is 1. The zero-order valence-corrected chi connectivity index (χ0v) is 16.7. The molecule has 0 amide bonds. The van der Waals surface area contributed by atoms with Crippen LogP contribution in [0.3, 0.4) is 0 Å². The van der Waals surface area contributed by atoms with Gasteiger partial charge < -0.3 is 14.5 Å². The molecule has 0 fully saturated rings. The van der Waals surface area contributed by atoms with E-state index < -0.39 is 17.9 Å². The Morgan fingerprint density at radius 1 is 1.22 bits per heavy atom. The molecule has 144 valence electrons. The number of rotatable bonds is 7. The average molecular weight is 392 g/mol. The molecule has 27 heavy (non-hydrogen) atoms. The number of Topliss-reactive ketones (excluding diaryl/α,β-unsaturated/α-hetero) is 2. The van der Waals surface area contributed by atoms with Crippen molar-refractivity contribution in [3.8, 4) is 5.75 Å². The summed E-state index contributed by atoms with van der Waals surface area (Å²) in [5, 5.41) is 0.469. The zero-order valence-electron chi connectivity index (χ0n) is 15.9. The van der Waals surface area contributed by atoms with Gasteiger partial charge in [0.05, 0.1) is 19.2 Å². The number of halogens is 1. The number of carbonyl (C=O) groups is 3. The highest BCUT2D eigenvalue weighted by Gasteiger charge is 2.26. The van der Waals surface area contributed by atoms with E-state index in [-0.39, 0.29) is 17.9 Å². The maximum Gasteiger partial charge on any atom is 0.311 e. The highest BCUT2D eigenvalue weighted by Crippen LogP contribution is 2.24. The van der Waals surface area contributed by atoms with E-state index in [1.807, 2.05) is 0 Å². The van der Waals surface area contributed by atoms with Gasteiger partial charge >= 0.3 is 5.97 Å². The molecule has 1 aromatic heterocycles. The van der Waals surface area contributed by atoms with Gasteiger partial charge in [-0.25, -0.2) is 0 Å². The van der Waals surface area contributed by atoms with Crippen molar-refractivity contribution in [1.82, 2.24) is 4.98 Å². The molecule has 0 aliphatic carbocycles.